The third-order valence-corrected chi connectivity index (χ3v) is 2.14. The quantitative estimate of drug-likeness (QED) is 0.389. The number of aliphatic carboxylic acids is 2. The molecule has 1 atom stereocenters. The zero-order valence-electron chi connectivity index (χ0n) is 10.1. The Morgan fingerprint density at radius 3 is 2.05 bits per heavy atom. The standard InChI is InChI=1S/C5H6O4.C5H4O4.Na/c2*6-4-1-3(2-9-4)5(7)8;/h3H,1-2H2,(H,7,8);1H,2H2,(H,7,8);/q;;+1. The summed E-state index contributed by atoms with van der Waals surface area (Å²) in [6, 6.07) is 0. The Bertz CT molecular complexity index is 427. The Balaban J connectivity index is 0.000000324. The van der Waals surface area contributed by atoms with Gasteiger partial charge in [0.05, 0.1) is 12.0 Å². The number of carbonyl (C=O) groups excluding carboxylic acids is 2. The SMILES string of the molecule is O=C1C=C(C(=O)O)CO1.O=C1CC(C(=O)O)CO1.[Na+]. The smallest absolute Gasteiger partial charge is 0.481 e. The first-order valence-electron chi connectivity index (χ1n) is 4.89. The number of hydrogen-bond donors (Lipinski definition) is 2. The first-order valence-corrected chi connectivity index (χ1v) is 4.89. The summed E-state index contributed by atoms with van der Waals surface area (Å²) >= 11 is 0. The van der Waals surface area contributed by atoms with E-state index < -0.39 is 29.8 Å². The zero-order valence-corrected chi connectivity index (χ0v) is 12.1. The molecule has 0 radical (unpaired) electrons. The molecule has 0 saturated carbocycles. The minimum absolute atomic E-state index is 0. The molecule has 2 N–H and O–H groups in total. The van der Waals surface area contributed by atoms with Crippen LogP contribution in [0.25, 0.3) is 0 Å². The van der Waals surface area contributed by atoms with Crippen LogP contribution in [-0.2, 0) is 28.7 Å². The maximum absolute atomic E-state index is 10.3. The van der Waals surface area contributed by atoms with Crippen molar-refractivity contribution < 1.29 is 68.4 Å². The van der Waals surface area contributed by atoms with Crippen LogP contribution in [0.1, 0.15) is 6.42 Å². The van der Waals surface area contributed by atoms with E-state index in [1.54, 1.807) is 0 Å². The van der Waals surface area contributed by atoms with Gasteiger partial charge in [-0.25, -0.2) is 9.59 Å². The largest absolute Gasteiger partial charge is 1.00 e. The Kier molecular flexibility index (Phi) is 7.35. The normalized spacial score (nSPS) is 20.2. The van der Waals surface area contributed by atoms with Crippen LogP contribution in [0, 0.1) is 5.92 Å². The molecule has 2 rings (SSSR count). The predicted octanol–water partition coefficient (Wildman–Crippen LogP) is -3.81. The molecule has 2 heterocycles. The molecule has 0 spiro atoms. The molecular formula is C10H10NaO8+. The van der Waals surface area contributed by atoms with E-state index in [1.165, 1.54) is 0 Å². The average Bonchev–Trinajstić information content (AvgIpc) is 2.88. The fourth-order valence-electron chi connectivity index (χ4n) is 1.17. The third kappa shape index (κ3) is 5.86. The summed E-state index contributed by atoms with van der Waals surface area (Å²) in [5.41, 5.74) is 0.0139. The van der Waals surface area contributed by atoms with Crippen molar-refractivity contribution in [1.29, 1.82) is 0 Å². The third-order valence-electron chi connectivity index (χ3n) is 2.14. The van der Waals surface area contributed by atoms with Gasteiger partial charge in [-0.1, -0.05) is 0 Å². The summed E-state index contributed by atoms with van der Waals surface area (Å²) in [4.78, 5) is 40.6. The van der Waals surface area contributed by atoms with Gasteiger partial charge in [0, 0.05) is 6.08 Å². The van der Waals surface area contributed by atoms with E-state index in [2.05, 4.69) is 9.47 Å². The summed E-state index contributed by atoms with van der Waals surface area (Å²) in [7, 11) is 0. The van der Waals surface area contributed by atoms with Crippen LogP contribution < -0.4 is 29.6 Å². The van der Waals surface area contributed by atoms with Crippen molar-refractivity contribution in [2.75, 3.05) is 13.2 Å². The molecule has 1 unspecified atom stereocenters. The first-order chi connectivity index (χ1) is 8.40. The van der Waals surface area contributed by atoms with E-state index in [4.69, 9.17) is 10.2 Å². The van der Waals surface area contributed by atoms with Crippen LogP contribution in [0.3, 0.4) is 0 Å². The van der Waals surface area contributed by atoms with Crippen LogP contribution >= 0.6 is 0 Å². The molecule has 1 saturated heterocycles. The summed E-state index contributed by atoms with van der Waals surface area (Å²) in [6.45, 7) is -0.0671. The Morgan fingerprint density at radius 1 is 1.21 bits per heavy atom. The number of carboxylic acid groups (broad SMARTS) is 2. The molecule has 0 amide bonds. The van der Waals surface area contributed by atoms with Crippen molar-refractivity contribution in [2.24, 2.45) is 5.92 Å². The van der Waals surface area contributed by atoms with Gasteiger partial charge in [0.25, 0.3) is 0 Å². The van der Waals surface area contributed by atoms with Gasteiger partial charge in [-0.3, -0.25) is 9.59 Å². The second-order valence-electron chi connectivity index (χ2n) is 3.50. The first kappa shape index (κ1) is 17.6. The Labute approximate surface area is 129 Å². The second-order valence-corrected chi connectivity index (χ2v) is 3.50. The molecule has 0 aliphatic carbocycles. The fraction of sp³-hybridized carbons (Fsp3) is 0.400. The van der Waals surface area contributed by atoms with E-state index in [0.29, 0.717) is 0 Å². The van der Waals surface area contributed by atoms with Gasteiger partial charge in [0.2, 0.25) is 0 Å². The molecular weight excluding hydrogens is 271 g/mol. The summed E-state index contributed by atoms with van der Waals surface area (Å²) < 4.78 is 8.72. The van der Waals surface area contributed by atoms with Gasteiger partial charge < -0.3 is 19.7 Å². The van der Waals surface area contributed by atoms with Gasteiger partial charge >= 0.3 is 53.4 Å². The van der Waals surface area contributed by atoms with Crippen molar-refractivity contribution in [3.05, 3.63) is 11.6 Å². The number of cyclic esters (lactones) is 2. The van der Waals surface area contributed by atoms with E-state index in [0.717, 1.165) is 6.08 Å². The molecule has 1 fully saturated rings. The molecule has 0 aromatic rings. The van der Waals surface area contributed by atoms with E-state index in [-0.39, 0.29) is 54.8 Å². The summed E-state index contributed by atoms with van der Waals surface area (Å²) in [5.74, 6) is -3.66. The van der Waals surface area contributed by atoms with Crippen LogP contribution in [-0.4, -0.2) is 47.3 Å². The Morgan fingerprint density at radius 2 is 1.84 bits per heavy atom. The van der Waals surface area contributed by atoms with Crippen molar-refractivity contribution in [3.63, 3.8) is 0 Å². The Hall–Kier alpha value is -1.38. The van der Waals surface area contributed by atoms with Crippen molar-refractivity contribution in [2.45, 2.75) is 6.42 Å². The van der Waals surface area contributed by atoms with Gasteiger partial charge in [-0.15, -0.1) is 0 Å². The molecule has 9 heteroatoms. The monoisotopic (exact) mass is 281 g/mol. The molecule has 0 aromatic carbocycles. The summed E-state index contributed by atoms with van der Waals surface area (Å²) in [6.07, 6.45) is 0.998. The maximum atomic E-state index is 10.3. The van der Waals surface area contributed by atoms with Crippen LogP contribution in [0.15, 0.2) is 11.6 Å². The maximum Gasteiger partial charge on any atom is 1.00 e. The van der Waals surface area contributed by atoms with Crippen LogP contribution in [0.2, 0.25) is 0 Å². The number of hydrogen-bond acceptors (Lipinski definition) is 6. The topological polar surface area (TPSA) is 127 Å². The average molecular weight is 281 g/mol. The molecule has 2 aliphatic rings. The predicted molar refractivity (Wildman–Crippen MR) is 53.4 cm³/mol. The molecule has 0 bridgehead atoms. The van der Waals surface area contributed by atoms with E-state index >= 15 is 0 Å². The van der Waals surface area contributed by atoms with Gasteiger partial charge in [0.15, 0.2) is 0 Å². The van der Waals surface area contributed by atoms with Crippen molar-refractivity contribution in [1.82, 2.24) is 0 Å². The molecule has 0 aromatic heterocycles. The van der Waals surface area contributed by atoms with Gasteiger partial charge in [-0.05, 0) is 0 Å². The molecule has 98 valence electrons. The second kappa shape index (κ2) is 7.93. The molecule has 19 heavy (non-hydrogen) atoms. The number of carboxylic acids is 2. The van der Waals surface area contributed by atoms with E-state index in [9.17, 15) is 19.2 Å². The molecule has 2 aliphatic heterocycles. The number of esters is 2. The fourth-order valence-corrected chi connectivity index (χ4v) is 1.17. The summed E-state index contributed by atoms with van der Waals surface area (Å²) in [5, 5.41) is 16.5. The number of rotatable bonds is 2. The van der Waals surface area contributed by atoms with Gasteiger partial charge in [0.1, 0.15) is 19.1 Å². The van der Waals surface area contributed by atoms with Gasteiger partial charge in [-0.2, -0.15) is 0 Å². The zero-order chi connectivity index (χ0) is 13.7. The van der Waals surface area contributed by atoms with Crippen LogP contribution in [0.4, 0.5) is 0 Å². The minimum atomic E-state index is -1.10. The van der Waals surface area contributed by atoms with Crippen molar-refractivity contribution in [3.8, 4) is 0 Å². The molecule has 8 nitrogen and oxygen atoms in total. The van der Waals surface area contributed by atoms with E-state index in [1.807, 2.05) is 0 Å². The number of carbonyl (C=O) groups is 4. The number of ether oxygens (including phenoxy) is 2. The van der Waals surface area contributed by atoms with Crippen molar-refractivity contribution >= 4 is 23.9 Å². The van der Waals surface area contributed by atoms with Crippen LogP contribution in [0.5, 0.6) is 0 Å². The minimum Gasteiger partial charge on any atom is -0.481 e.